The third-order valence-corrected chi connectivity index (χ3v) is 6.13. The van der Waals surface area contributed by atoms with E-state index in [0.717, 1.165) is 22.3 Å². The highest BCUT2D eigenvalue weighted by Gasteiger charge is 2.29. The van der Waals surface area contributed by atoms with Gasteiger partial charge < -0.3 is 19.5 Å². The average Bonchev–Trinajstić information content (AvgIpc) is 3.01. The SMILES string of the molecule is CC=CC(=O)N[C@H]1CCc2cc(OC)c(OC)c(OC)c2-c2ccc(SC)c(=O)cc21. The minimum absolute atomic E-state index is 0.0815. The fourth-order valence-corrected chi connectivity index (χ4v) is 4.45. The number of amides is 1. The van der Waals surface area contributed by atoms with Crippen molar-refractivity contribution in [3.8, 4) is 28.4 Å². The van der Waals surface area contributed by atoms with Gasteiger partial charge in [-0.05, 0) is 67.0 Å². The molecule has 0 radical (unpaired) electrons. The van der Waals surface area contributed by atoms with Crippen molar-refractivity contribution < 1.29 is 19.0 Å². The highest BCUT2D eigenvalue weighted by molar-refractivity contribution is 7.98. The van der Waals surface area contributed by atoms with Crippen LogP contribution in [-0.4, -0.2) is 33.5 Å². The highest BCUT2D eigenvalue weighted by atomic mass is 32.2. The summed E-state index contributed by atoms with van der Waals surface area (Å²) in [5, 5.41) is 3.05. The lowest BCUT2D eigenvalue weighted by Crippen LogP contribution is -2.27. The number of thioether (sulfide) groups is 1. The number of carbonyl (C=O) groups is 1. The molecular formula is C24H27NO5S. The Morgan fingerprint density at radius 2 is 1.87 bits per heavy atom. The number of hydrogen-bond donors (Lipinski definition) is 1. The van der Waals surface area contributed by atoms with Crippen molar-refractivity contribution in [1.29, 1.82) is 0 Å². The van der Waals surface area contributed by atoms with Crippen LogP contribution in [0.15, 0.2) is 46.1 Å². The maximum atomic E-state index is 12.9. The summed E-state index contributed by atoms with van der Waals surface area (Å²) in [5.74, 6) is 1.41. The van der Waals surface area contributed by atoms with Crippen LogP contribution < -0.4 is 25.0 Å². The Balaban J connectivity index is 2.36. The number of fused-ring (bicyclic) bond motifs is 3. The fraction of sp³-hybridized carbons (Fsp3) is 0.333. The van der Waals surface area contributed by atoms with Crippen LogP contribution >= 0.6 is 11.8 Å². The molecule has 0 saturated carbocycles. The minimum atomic E-state index is -0.331. The lowest BCUT2D eigenvalue weighted by molar-refractivity contribution is -0.117. The van der Waals surface area contributed by atoms with Gasteiger partial charge in [-0.3, -0.25) is 9.59 Å². The zero-order chi connectivity index (χ0) is 22.5. The topological polar surface area (TPSA) is 73.9 Å². The molecule has 0 saturated heterocycles. The van der Waals surface area contributed by atoms with Crippen molar-refractivity contribution in [2.75, 3.05) is 27.6 Å². The largest absolute Gasteiger partial charge is 0.493 e. The first-order chi connectivity index (χ1) is 15.0. The van der Waals surface area contributed by atoms with Gasteiger partial charge in [0.25, 0.3) is 0 Å². The molecule has 2 aromatic carbocycles. The van der Waals surface area contributed by atoms with Crippen molar-refractivity contribution >= 4 is 17.7 Å². The molecule has 1 aliphatic carbocycles. The van der Waals surface area contributed by atoms with Crippen LogP contribution in [0.1, 0.15) is 30.5 Å². The maximum absolute atomic E-state index is 12.9. The van der Waals surface area contributed by atoms with E-state index in [1.54, 1.807) is 40.4 Å². The monoisotopic (exact) mass is 441 g/mol. The van der Waals surface area contributed by atoms with E-state index in [4.69, 9.17) is 14.2 Å². The smallest absolute Gasteiger partial charge is 0.244 e. The molecule has 3 rings (SSSR count). The Morgan fingerprint density at radius 1 is 1.13 bits per heavy atom. The van der Waals surface area contributed by atoms with Crippen LogP contribution in [0.2, 0.25) is 0 Å². The molecule has 0 spiro atoms. The second kappa shape index (κ2) is 9.92. The second-order valence-electron chi connectivity index (χ2n) is 7.06. The molecule has 2 aromatic rings. The standard InChI is InChI=1S/C24H27NO5S/c1-6-7-21(27)25-17-10-8-14-12-19(28-2)23(29-3)24(30-4)22(14)15-9-11-20(31-5)18(26)13-16(15)17/h6-7,9,11-13,17H,8,10H2,1-5H3,(H,25,27)/t17-/m0/s1. The quantitative estimate of drug-likeness (QED) is 0.537. The van der Waals surface area contributed by atoms with Crippen molar-refractivity contribution in [2.45, 2.75) is 30.7 Å². The summed E-state index contributed by atoms with van der Waals surface area (Å²) in [6.45, 7) is 1.79. The number of ether oxygens (including phenoxy) is 3. The lowest BCUT2D eigenvalue weighted by atomic mass is 9.95. The van der Waals surface area contributed by atoms with Gasteiger partial charge in [-0.25, -0.2) is 0 Å². The van der Waals surface area contributed by atoms with Crippen molar-refractivity contribution in [1.82, 2.24) is 5.32 Å². The summed E-state index contributed by atoms with van der Waals surface area (Å²) >= 11 is 1.39. The van der Waals surface area contributed by atoms with Gasteiger partial charge in [0.05, 0.1) is 32.3 Å². The third-order valence-electron chi connectivity index (χ3n) is 5.36. The van der Waals surface area contributed by atoms with E-state index in [1.165, 1.54) is 17.8 Å². The molecule has 0 aromatic heterocycles. The molecule has 31 heavy (non-hydrogen) atoms. The molecule has 0 unspecified atom stereocenters. The van der Waals surface area contributed by atoms with E-state index >= 15 is 0 Å². The summed E-state index contributed by atoms with van der Waals surface area (Å²) in [6.07, 6.45) is 6.33. The zero-order valence-electron chi connectivity index (χ0n) is 18.4. The summed E-state index contributed by atoms with van der Waals surface area (Å²) in [7, 11) is 4.74. The van der Waals surface area contributed by atoms with Crippen LogP contribution in [0.25, 0.3) is 11.1 Å². The number of benzene rings is 1. The molecule has 6 nitrogen and oxygen atoms in total. The van der Waals surface area contributed by atoms with Crippen LogP contribution in [0.4, 0.5) is 0 Å². The number of hydrogen-bond acceptors (Lipinski definition) is 6. The lowest BCUT2D eigenvalue weighted by Gasteiger charge is -2.19. The molecule has 1 atom stereocenters. The van der Waals surface area contributed by atoms with Crippen molar-refractivity contribution in [3.05, 3.63) is 57.8 Å². The average molecular weight is 442 g/mol. The van der Waals surface area contributed by atoms with Gasteiger partial charge in [-0.15, -0.1) is 11.8 Å². The van der Waals surface area contributed by atoms with Gasteiger partial charge in [0.15, 0.2) is 16.9 Å². The molecule has 7 heteroatoms. The maximum Gasteiger partial charge on any atom is 0.244 e. The molecule has 164 valence electrons. The van der Waals surface area contributed by atoms with Crippen LogP contribution in [0.3, 0.4) is 0 Å². The van der Waals surface area contributed by atoms with Gasteiger partial charge >= 0.3 is 0 Å². The van der Waals surface area contributed by atoms with E-state index in [-0.39, 0.29) is 17.4 Å². The first kappa shape index (κ1) is 22.7. The Bertz CT molecular complexity index is 1080. The number of aryl methyl sites for hydroxylation is 1. The first-order valence-electron chi connectivity index (χ1n) is 9.96. The Hall–Kier alpha value is -2.93. The zero-order valence-corrected chi connectivity index (χ0v) is 19.2. The number of allylic oxidation sites excluding steroid dienone is 1. The Morgan fingerprint density at radius 3 is 2.48 bits per heavy atom. The van der Waals surface area contributed by atoms with E-state index in [9.17, 15) is 9.59 Å². The molecule has 0 aliphatic heterocycles. The first-order valence-corrected chi connectivity index (χ1v) is 11.2. The second-order valence-corrected chi connectivity index (χ2v) is 7.91. The molecule has 0 heterocycles. The molecule has 1 N–H and O–H groups in total. The Labute approximate surface area is 186 Å². The number of rotatable bonds is 6. The fourth-order valence-electron chi connectivity index (χ4n) is 3.99. The molecule has 1 amide bonds. The molecule has 0 bridgehead atoms. The van der Waals surface area contributed by atoms with Crippen molar-refractivity contribution in [2.24, 2.45) is 0 Å². The highest BCUT2D eigenvalue weighted by Crippen LogP contribution is 2.50. The predicted octanol–water partition coefficient (Wildman–Crippen LogP) is 4.14. The van der Waals surface area contributed by atoms with E-state index < -0.39 is 0 Å². The van der Waals surface area contributed by atoms with Crippen LogP contribution in [0, 0.1) is 0 Å². The van der Waals surface area contributed by atoms with Gasteiger partial charge in [-0.2, -0.15) is 0 Å². The predicted molar refractivity (Wildman–Crippen MR) is 124 cm³/mol. The number of methoxy groups -OCH3 is 3. The van der Waals surface area contributed by atoms with Gasteiger partial charge in [0.2, 0.25) is 11.7 Å². The van der Waals surface area contributed by atoms with Crippen LogP contribution in [0.5, 0.6) is 17.2 Å². The Kier molecular flexibility index (Phi) is 7.28. The van der Waals surface area contributed by atoms with E-state index in [2.05, 4.69) is 5.32 Å². The normalized spacial score (nSPS) is 14.9. The summed E-state index contributed by atoms with van der Waals surface area (Å²) in [5.41, 5.74) is 3.35. The van der Waals surface area contributed by atoms with Crippen LogP contribution in [-0.2, 0) is 11.2 Å². The van der Waals surface area contributed by atoms with Gasteiger partial charge in [0, 0.05) is 5.56 Å². The third kappa shape index (κ3) is 4.42. The molecular weight excluding hydrogens is 414 g/mol. The van der Waals surface area contributed by atoms with E-state index in [0.29, 0.717) is 35.0 Å². The number of nitrogens with one attached hydrogen (secondary N) is 1. The summed E-state index contributed by atoms with van der Waals surface area (Å²) < 4.78 is 16.9. The number of carbonyl (C=O) groups excluding carboxylic acids is 1. The molecule has 0 fully saturated rings. The van der Waals surface area contributed by atoms with Gasteiger partial charge in [-0.1, -0.05) is 12.1 Å². The molecule has 1 aliphatic rings. The van der Waals surface area contributed by atoms with Crippen molar-refractivity contribution in [3.63, 3.8) is 0 Å². The minimum Gasteiger partial charge on any atom is -0.493 e. The van der Waals surface area contributed by atoms with Gasteiger partial charge in [0.1, 0.15) is 0 Å². The summed E-state index contributed by atoms with van der Waals surface area (Å²) in [4.78, 5) is 25.9. The van der Waals surface area contributed by atoms with E-state index in [1.807, 2.05) is 24.5 Å². The summed E-state index contributed by atoms with van der Waals surface area (Å²) in [6, 6.07) is 6.99.